The van der Waals surface area contributed by atoms with Gasteiger partial charge in [0.15, 0.2) is 0 Å². The maximum absolute atomic E-state index is 5.87. The SMILES string of the molecule is CCC1CCCCC1Nc1nc(N)nc(N2CCCC2)n1. The number of nitrogens with one attached hydrogen (secondary N) is 1. The average Bonchev–Trinajstić information content (AvgIpc) is 3.01. The van der Waals surface area contributed by atoms with Gasteiger partial charge in [-0.2, -0.15) is 15.0 Å². The summed E-state index contributed by atoms with van der Waals surface area (Å²) < 4.78 is 0. The highest BCUT2D eigenvalue weighted by Crippen LogP contribution is 2.29. The summed E-state index contributed by atoms with van der Waals surface area (Å²) in [5.74, 6) is 2.41. The van der Waals surface area contributed by atoms with Gasteiger partial charge in [-0.25, -0.2) is 0 Å². The van der Waals surface area contributed by atoms with Crippen LogP contribution >= 0.6 is 0 Å². The quantitative estimate of drug-likeness (QED) is 0.886. The van der Waals surface area contributed by atoms with E-state index in [1.54, 1.807) is 0 Å². The van der Waals surface area contributed by atoms with Crippen molar-refractivity contribution in [3.63, 3.8) is 0 Å². The third-order valence-electron chi connectivity index (χ3n) is 4.78. The lowest BCUT2D eigenvalue weighted by atomic mass is 9.83. The highest BCUT2D eigenvalue weighted by molar-refractivity contribution is 5.43. The molecule has 0 spiro atoms. The Balaban J connectivity index is 1.74. The first kappa shape index (κ1) is 14.4. The highest BCUT2D eigenvalue weighted by atomic mass is 15.3. The van der Waals surface area contributed by atoms with Crippen molar-refractivity contribution in [2.45, 2.75) is 57.9 Å². The second kappa shape index (κ2) is 6.45. The van der Waals surface area contributed by atoms with Crippen molar-refractivity contribution < 1.29 is 0 Å². The molecule has 0 radical (unpaired) electrons. The summed E-state index contributed by atoms with van der Waals surface area (Å²) in [5, 5.41) is 3.52. The number of hydrogen-bond acceptors (Lipinski definition) is 6. The first-order chi connectivity index (χ1) is 10.3. The smallest absolute Gasteiger partial charge is 0.231 e. The number of aromatic nitrogens is 3. The zero-order valence-electron chi connectivity index (χ0n) is 12.9. The Morgan fingerprint density at radius 3 is 2.62 bits per heavy atom. The van der Waals surface area contributed by atoms with E-state index < -0.39 is 0 Å². The normalized spacial score (nSPS) is 26.0. The number of hydrogen-bond donors (Lipinski definition) is 2. The summed E-state index contributed by atoms with van der Waals surface area (Å²) in [6.07, 6.45) is 8.74. The van der Waals surface area contributed by atoms with Crippen LogP contribution in [0.4, 0.5) is 17.8 Å². The Labute approximate surface area is 126 Å². The van der Waals surface area contributed by atoms with Crippen molar-refractivity contribution in [1.82, 2.24) is 15.0 Å². The van der Waals surface area contributed by atoms with Gasteiger partial charge in [0.2, 0.25) is 17.8 Å². The topological polar surface area (TPSA) is 80.0 Å². The van der Waals surface area contributed by atoms with Crippen LogP contribution in [-0.4, -0.2) is 34.1 Å². The van der Waals surface area contributed by atoms with Crippen LogP contribution < -0.4 is 16.0 Å². The Morgan fingerprint density at radius 2 is 1.86 bits per heavy atom. The molecule has 0 bridgehead atoms. The molecule has 2 atom stereocenters. The van der Waals surface area contributed by atoms with Crippen LogP contribution in [0.5, 0.6) is 0 Å². The third-order valence-corrected chi connectivity index (χ3v) is 4.78. The van der Waals surface area contributed by atoms with Gasteiger partial charge in [0.1, 0.15) is 0 Å². The average molecular weight is 290 g/mol. The second-order valence-electron chi connectivity index (χ2n) is 6.21. The zero-order chi connectivity index (χ0) is 14.7. The molecule has 2 heterocycles. The monoisotopic (exact) mass is 290 g/mol. The fourth-order valence-electron chi connectivity index (χ4n) is 3.56. The summed E-state index contributed by atoms with van der Waals surface area (Å²) in [4.78, 5) is 15.4. The molecule has 6 nitrogen and oxygen atoms in total. The molecule has 21 heavy (non-hydrogen) atoms. The summed E-state index contributed by atoms with van der Waals surface area (Å²) >= 11 is 0. The summed E-state index contributed by atoms with van der Waals surface area (Å²) in [6.45, 7) is 4.30. The van der Waals surface area contributed by atoms with Gasteiger partial charge in [-0.1, -0.05) is 26.2 Å². The molecule has 2 unspecified atom stereocenters. The fourth-order valence-corrected chi connectivity index (χ4v) is 3.56. The van der Waals surface area contributed by atoms with Crippen molar-refractivity contribution in [1.29, 1.82) is 0 Å². The molecule has 1 aromatic heterocycles. The predicted molar refractivity (Wildman–Crippen MR) is 85.3 cm³/mol. The Bertz CT molecular complexity index is 471. The van der Waals surface area contributed by atoms with Crippen LogP contribution in [0.15, 0.2) is 0 Å². The molecule has 2 aliphatic rings. The molecule has 6 heteroatoms. The van der Waals surface area contributed by atoms with Crippen LogP contribution in [0.3, 0.4) is 0 Å². The fraction of sp³-hybridized carbons (Fsp3) is 0.800. The molecule has 0 amide bonds. The summed E-state index contributed by atoms with van der Waals surface area (Å²) in [6, 6.07) is 0.469. The molecular weight excluding hydrogens is 264 g/mol. The van der Waals surface area contributed by atoms with Crippen LogP contribution in [0, 0.1) is 5.92 Å². The first-order valence-electron chi connectivity index (χ1n) is 8.29. The Kier molecular flexibility index (Phi) is 4.41. The summed E-state index contributed by atoms with van der Waals surface area (Å²) in [7, 11) is 0. The second-order valence-corrected chi connectivity index (χ2v) is 6.21. The zero-order valence-corrected chi connectivity index (χ0v) is 12.9. The van der Waals surface area contributed by atoms with Crippen LogP contribution in [0.25, 0.3) is 0 Å². The molecule has 1 saturated heterocycles. The van der Waals surface area contributed by atoms with Crippen molar-refractivity contribution in [2.75, 3.05) is 29.0 Å². The van der Waals surface area contributed by atoms with E-state index in [-0.39, 0.29) is 0 Å². The van der Waals surface area contributed by atoms with Gasteiger partial charge < -0.3 is 16.0 Å². The molecule has 116 valence electrons. The minimum atomic E-state index is 0.318. The van der Waals surface area contributed by atoms with Gasteiger partial charge in [0.05, 0.1) is 0 Å². The molecular formula is C15H26N6. The van der Waals surface area contributed by atoms with Gasteiger partial charge in [-0.3, -0.25) is 0 Å². The molecule has 1 saturated carbocycles. The van der Waals surface area contributed by atoms with E-state index in [1.165, 1.54) is 44.9 Å². The van der Waals surface area contributed by atoms with Crippen LogP contribution in [0.1, 0.15) is 51.9 Å². The lowest BCUT2D eigenvalue weighted by molar-refractivity contribution is 0.316. The van der Waals surface area contributed by atoms with Crippen LogP contribution in [0.2, 0.25) is 0 Å². The maximum atomic E-state index is 5.87. The van der Waals surface area contributed by atoms with Crippen molar-refractivity contribution in [2.24, 2.45) is 5.92 Å². The molecule has 3 N–H and O–H groups in total. The maximum Gasteiger partial charge on any atom is 0.231 e. The summed E-state index contributed by atoms with van der Waals surface area (Å²) in [5.41, 5.74) is 5.87. The Morgan fingerprint density at radius 1 is 1.10 bits per heavy atom. The number of rotatable bonds is 4. The van der Waals surface area contributed by atoms with Gasteiger partial charge >= 0.3 is 0 Å². The predicted octanol–water partition coefficient (Wildman–Crippen LogP) is 2.43. The lowest BCUT2D eigenvalue weighted by Crippen LogP contribution is -2.33. The van der Waals surface area contributed by atoms with Crippen LogP contribution in [-0.2, 0) is 0 Å². The minimum absolute atomic E-state index is 0.318. The molecule has 0 aromatic carbocycles. The molecule has 2 fully saturated rings. The number of nitrogens with two attached hydrogens (primary N) is 1. The number of nitrogens with zero attached hydrogens (tertiary/aromatic N) is 4. The largest absolute Gasteiger partial charge is 0.368 e. The molecule has 1 aliphatic heterocycles. The van der Waals surface area contributed by atoms with Crippen molar-refractivity contribution >= 4 is 17.8 Å². The Hall–Kier alpha value is -1.59. The van der Waals surface area contributed by atoms with Gasteiger partial charge in [-0.05, 0) is 31.6 Å². The van der Waals surface area contributed by atoms with E-state index in [0.717, 1.165) is 19.0 Å². The highest BCUT2D eigenvalue weighted by Gasteiger charge is 2.25. The van der Waals surface area contributed by atoms with E-state index in [0.29, 0.717) is 23.9 Å². The lowest BCUT2D eigenvalue weighted by Gasteiger charge is -2.31. The molecule has 3 rings (SSSR count). The third kappa shape index (κ3) is 3.36. The van der Waals surface area contributed by atoms with Gasteiger partial charge in [0, 0.05) is 19.1 Å². The van der Waals surface area contributed by atoms with E-state index >= 15 is 0 Å². The molecule has 1 aromatic rings. The van der Waals surface area contributed by atoms with E-state index in [9.17, 15) is 0 Å². The molecule has 1 aliphatic carbocycles. The van der Waals surface area contributed by atoms with E-state index in [4.69, 9.17) is 5.73 Å². The van der Waals surface area contributed by atoms with E-state index in [2.05, 4.69) is 32.1 Å². The van der Waals surface area contributed by atoms with Gasteiger partial charge in [-0.15, -0.1) is 0 Å². The van der Waals surface area contributed by atoms with Crippen molar-refractivity contribution in [3.8, 4) is 0 Å². The minimum Gasteiger partial charge on any atom is -0.368 e. The first-order valence-corrected chi connectivity index (χ1v) is 8.29. The van der Waals surface area contributed by atoms with Crippen molar-refractivity contribution in [3.05, 3.63) is 0 Å². The standard InChI is InChI=1S/C15H26N6/c1-2-11-7-3-4-8-12(11)17-14-18-13(16)19-15(20-14)21-9-5-6-10-21/h11-12H,2-10H2,1H3,(H3,16,17,18,19,20). The number of anilines is 3. The van der Waals surface area contributed by atoms with Gasteiger partial charge in [0.25, 0.3) is 0 Å². The van der Waals surface area contributed by atoms with E-state index in [1.807, 2.05) is 0 Å². The number of nitrogen functional groups attached to an aromatic ring is 1.